The molecule has 0 spiro atoms. The molecular formula is C94H68F2N2O. The molecule has 2 aliphatic rings. The zero-order valence-electron chi connectivity index (χ0n) is 55.5. The van der Waals surface area contributed by atoms with Crippen LogP contribution in [-0.4, -0.2) is 0 Å². The molecule has 1 heterocycles. The summed E-state index contributed by atoms with van der Waals surface area (Å²) in [6.07, 6.45) is 3.80. The minimum absolute atomic E-state index is 0.322. The zero-order chi connectivity index (χ0) is 67.3. The smallest absolute Gasteiger partial charge is 0.135 e. The maximum absolute atomic E-state index is 15.1. The molecule has 0 fully saturated rings. The fourth-order valence-corrected chi connectivity index (χ4v) is 16.2. The maximum atomic E-state index is 15.1. The van der Waals surface area contributed by atoms with E-state index in [9.17, 15) is 0 Å². The summed E-state index contributed by atoms with van der Waals surface area (Å²) in [7, 11) is 0. The molecule has 3 nitrogen and oxygen atoms in total. The van der Waals surface area contributed by atoms with Gasteiger partial charge in [0.05, 0.1) is 10.8 Å². The first-order valence-electron chi connectivity index (χ1n) is 33.8. The molecule has 15 aromatic rings. The number of anilines is 6. The summed E-state index contributed by atoms with van der Waals surface area (Å²) in [6.45, 7) is 17.0. The largest absolute Gasteiger partial charge is 0.456 e. The van der Waals surface area contributed by atoms with Crippen LogP contribution in [0.4, 0.5) is 42.9 Å². The molecule has 474 valence electrons. The molecule has 0 bridgehead atoms. The highest BCUT2D eigenvalue weighted by molar-refractivity contribution is 6.08. The van der Waals surface area contributed by atoms with Gasteiger partial charge in [-0.3, -0.25) is 0 Å². The Balaban J connectivity index is 0.780. The molecule has 0 N–H and O–H groups in total. The fraction of sp³-hybridized carbons (Fsp3) is 0.0638. The van der Waals surface area contributed by atoms with E-state index in [2.05, 4.69) is 293 Å². The Hall–Kier alpha value is -12.2. The van der Waals surface area contributed by atoms with Gasteiger partial charge in [-0.1, -0.05) is 218 Å². The first-order valence-corrected chi connectivity index (χ1v) is 33.8. The predicted molar refractivity (Wildman–Crippen MR) is 408 cm³/mol. The van der Waals surface area contributed by atoms with Gasteiger partial charge in [0.2, 0.25) is 0 Å². The van der Waals surface area contributed by atoms with Gasteiger partial charge in [0.25, 0.3) is 0 Å². The van der Waals surface area contributed by atoms with Crippen LogP contribution in [0.15, 0.2) is 321 Å². The van der Waals surface area contributed by atoms with Crippen molar-refractivity contribution in [3.63, 3.8) is 0 Å². The minimum atomic E-state index is -0.620. The normalized spacial score (nSPS) is 14.9. The van der Waals surface area contributed by atoms with Crippen molar-refractivity contribution < 1.29 is 13.2 Å². The Morgan fingerprint density at radius 1 is 0.303 bits per heavy atom. The van der Waals surface area contributed by atoms with E-state index in [1.807, 2.05) is 48.6 Å². The highest BCUT2D eigenvalue weighted by Crippen LogP contribution is 2.60. The third kappa shape index (κ3) is 9.82. The highest BCUT2D eigenvalue weighted by atomic mass is 19.1. The number of halogens is 2. The predicted octanol–water partition coefficient (Wildman–Crippen LogP) is 25.4. The van der Waals surface area contributed by atoms with Crippen molar-refractivity contribution in [1.82, 2.24) is 0 Å². The third-order valence-corrected chi connectivity index (χ3v) is 20.8. The van der Waals surface area contributed by atoms with Crippen LogP contribution in [0.5, 0.6) is 0 Å². The molecular weight excluding hydrogens is 1210 g/mol. The zero-order valence-corrected chi connectivity index (χ0v) is 55.5. The molecule has 2 atom stereocenters. The summed E-state index contributed by atoms with van der Waals surface area (Å²) in [4.78, 5) is 4.38. The van der Waals surface area contributed by atoms with E-state index in [1.54, 1.807) is 0 Å². The van der Waals surface area contributed by atoms with Gasteiger partial charge >= 0.3 is 0 Å². The average Bonchev–Trinajstić information content (AvgIpc) is 1.56. The SMILES string of the molecule is C=Cc1ccc(C2(c3cc(C)ccc3C)c3ccccc3-c3ccc(-c4cccc(N(c5ccc(F)cc5)c5ccc6oc7ccc(N(c8ccc(F)cc8)c8cccc(-c9ccc%10c(c9)C(c9ccc(C=C)cc9)(c9cc(C)ccc9C)c9ccccc9-%10)c8)cc7c6c5)c4)cc32)cc1. The molecule has 2 aliphatic carbocycles. The van der Waals surface area contributed by atoms with Gasteiger partial charge in [0.1, 0.15) is 22.8 Å². The van der Waals surface area contributed by atoms with Gasteiger partial charge < -0.3 is 14.2 Å². The summed E-state index contributed by atoms with van der Waals surface area (Å²) in [5, 5.41) is 1.79. The molecule has 0 saturated heterocycles. The van der Waals surface area contributed by atoms with E-state index in [-0.39, 0.29) is 11.6 Å². The van der Waals surface area contributed by atoms with Crippen LogP contribution in [-0.2, 0) is 10.8 Å². The van der Waals surface area contributed by atoms with E-state index >= 15 is 8.78 Å². The van der Waals surface area contributed by atoms with Gasteiger partial charge in [-0.25, -0.2) is 8.78 Å². The number of rotatable bonds is 14. The van der Waals surface area contributed by atoms with Crippen molar-refractivity contribution >= 4 is 68.2 Å². The van der Waals surface area contributed by atoms with Crippen molar-refractivity contribution in [3.05, 3.63) is 406 Å². The molecule has 17 rings (SSSR count). The Bertz CT molecular complexity index is 5390. The number of hydrogen-bond acceptors (Lipinski definition) is 3. The second-order valence-corrected chi connectivity index (χ2v) is 26.6. The lowest BCUT2D eigenvalue weighted by molar-refractivity contribution is 0.627. The first kappa shape index (κ1) is 60.5. The van der Waals surface area contributed by atoms with Gasteiger partial charge in [-0.15, -0.1) is 0 Å². The second-order valence-electron chi connectivity index (χ2n) is 26.6. The number of furan rings is 1. The van der Waals surface area contributed by atoms with Crippen molar-refractivity contribution in [2.45, 2.75) is 38.5 Å². The van der Waals surface area contributed by atoms with E-state index in [0.717, 1.165) is 78.3 Å². The van der Waals surface area contributed by atoms with Crippen LogP contribution >= 0.6 is 0 Å². The standard InChI is InChI=1S/C94H68F2N2O/c1-7-63-27-33-69(34-28-63)93(87-51-59(3)23-25-61(87)5)85-21-11-9-19-79(85)81-47-31-67(55-89(81)93)65-15-13-17-75(53-65)97(73-41-37-71(95)38-42-73)77-45-49-91-83(57-77)84-58-78(46-50-92(84)99-91)98(74-43-39-72(96)40-44-74)76-18-14-16-66(54-76)68-32-48-82-80-20-10-12-22-86(80)94(90(82)56-68,70-35-29-64(8-2)30-36-70)88-52-60(4)24-26-62(88)6/h7-58H,1-2H2,3-6H3. The van der Waals surface area contributed by atoms with Crippen LogP contribution in [0.1, 0.15) is 77.9 Å². The van der Waals surface area contributed by atoms with Crippen molar-refractivity contribution in [2.24, 2.45) is 0 Å². The summed E-state index contributed by atoms with van der Waals surface area (Å²) in [5.41, 5.74) is 31.1. The third-order valence-electron chi connectivity index (χ3n) is 20.8. The molecule has 99 heavy (non-hydrogen) atoms. The van der Waals surface area contributed by atoms with E-state index in [0.29, 0.717) is 11.2 Å². The quantitative estimate of drug-likeness (QED) is 0.108. The van der Waals surface area contributed by atoms with Crippen LogP contribution < -0.4 is 9.80 Å². The molecule has 0 saturated carbocycles. The van der Waals surface area contributed by atoms with Crippen molar-refractivity contribution in [2.75, 3.05) is 9.80 Å². The molecule has 0 radical (unpaired) electrons. The summed E-state index contributed by atoms with van der Waals surface area (Å²) in [6, 6.07) is 106. The van der Waals surface area contributed by atoms with Gasteiger partial charge in [-0.2, -0.15) is 0 Å². The first-order chi connectivity index (χ1) is 48.4. The lowest BCUT2D eigenvalue weighted by Gasteiger charge is -2.35. The topological polar surface area (TPSA) is 19.6 Å². The molecule has 5 heteroatoms. The number of hydrogen-bond donors (Lipinski definition) is 0. The second kappa shape index (κ2) is 23.9. The Kier molecular flexibility index (Phi) is 14.6. The number of aryl methyl sites for hydroxylation is 4. The Labute approximate surface area is 576 Å². The van der Waals surface area contributed by atoms with E-state index in [4.69, 9.17) is 4.42 Å². The van der Waals surface area contributed by atoms with Crippen LogP contribution in [0.2, 0.25) is 0 Å². The number of nitrogens with zero attached hydrogens (tertiary/aromatic N) is 2. The fourth-order valence-electron chi connectivity index (χ4n) is 16.2. The minimum Gasteiger partial charge on any atom is -0.456 e. The molecule has 14 aromatic carbocycles. The molecule has 1 aromatic heterocycles. The molecule has 0 aliphatic heterocycles. The monoisotopic (exact) mass is 1280 g/mol. The van der Waals surface area contributed by atoms with Gasteiger partial charge in [0, 0.05) is 44.9 Å². The Morgan fingerprint density at radius 2 is 0.677 bits per heavy atom. The maximum Gasteiger partial charge on any atom is 0.135 e. The van der Waals surface area contributed by atoms with Crippen LogP contribution in [0.25, 0.3) is 78.6 Å². The molecule has 0 amide bonds. The number of fused-ring (bicyclic) bond motifs is 9. The van der Waals surface area contributed by atoms with E-state index in [1.165, 1.54) is 113 Å². The van der Waals surface area contributed by atoms with Crippen molar-refractivity contribution in [3.8, 4) is 44.5 Å². The summed E-state index contributed by atoms with van der Waals surface area (Å²) in [5.74, 6) is -0.644. The summed E-state index contributed by atoms with van der Waals surface area (Å²) >= 11 is 0. The highest BCUT2D eigenvalue weighted by Gasteiger charge is 2.49. The van der Waals surface area contributed by atoms with E-state index < -0.39 is 10.8 Å². The van der Waals surface area contributed by atoms with Crippen molar-refractivity contribution in [1.29, 1.82) is 0 Å². The van der Waals surface area contributed by atoms with Gasteiger partial charge in [-0.05, 0) is 260 Å². The van der Waals surface area contributed by atoms with Crippen LogP contribution in [0.3, 0.4) is 0 Å². The van der Waals surface area contributed by atoms with Crippen LogP contribution in [0, 0.1) is 39.3 Å². The molecule has 2 unspecified atom stereocenters. The lowest BCUT2D eigenvalue weighted by Crippen LogP contribution is -2.29. The lowest BCUT2D eigenvalue weighted by atomic mass is 9.66. The average molecular weight is 1280 g/mol. The number of benzene rings is 14. The van der Waals surface area contributed by atoms with Gasteiger partial charge in [0.15, 0.2) is 0 Å². The Morgan fingerprint density at radius 3 is 1.09 bits per heavy atom. The summed E-state index contributed by atoms with van der Waals surface area (Å²) < 4.78 is 36.9.